The summed E-state index contributed by atoms with van der Waals surface area (Å²) in [5, 5.41) is 0. The zero-order valence-corrected chi connectivity index (χ0v) is 11.0. The van der Waals surface area contributed by atoms with E-state index in [4.69, 9.17) is 5.73 Å². The van der Waals surface area contributed by atoms with E-state index in [2.05, 4.69) is 4.90 Å². The van der Waals surface area contributed by atoms with Gasteiger partial charge in [0, 0.05) is 18.6 Å². The van der Waals surface area contributed by atoms with Gasteiger partial charge >= 0.3 is 6.18 Å². The molecule has 0 aliphatic heterocycles. The van der Waals surface area contributed by atoms with Crippen molar-refractivity contribution < 1.29 is 13.2 Å². The smallest absolute Gasteiger partial charge is 0.323 e. The molecule has 0 radical (unpaired) electrons. The van der Waals surface area contributed by atoms with Crippen LogP contribution >= 0.6 is 0 Å². The highest BCUT2D eigenvalue weighted by Gasteiger charge is 2.30. The lowest BCUT2D eigenvalue weighted by molar-refractivity contribution is -0.137. The van der Waals surface area contributed by atoms with Gasteiger partial charge in [0.15, 0.2) is 0 Å². The van der Waals surface area contributed by atoms with E-state index in [9.17, 15) is 13.2 Å². The van der Waals surface area contributed by atoms with Gasteiger partial charge in [0.1, 0.15) is 0 Å². The lowest BCUT2D eigenvalue weighted by atomic mass is 9.91. The molecule has 0 saturated heterocycles. The molecule has 0 amide bonds. The van der Waals surface area contributed by atoms with Crippen LogP contribution in [0.25, 0.3) is 0 Å². The minimum absolute atomic E-state index is 0.243. The fourth-order valence-corrected chi connectivity index (χ4v) is 2.31. The van der Waals surface area contributed by atoms with Gasteiger partial charge in [0.2, 0.25) is 0 Å². The fraction of sp³-hybridized carbons (Fsp3) is 0.571. The summed E-state index contributed by atoms with van der Waals surface area (Å²) in [5.74, 6) is 0. The second-order valence-electron chi connectivity index (χ2n) is 5.25. The topological polar surface area (TPSA) is 29.3 Å². The first-order valence-corrected chi connectivity index (χ1v) is 6.51. The summed E-state index contributed by atoms with van der Waals surface area (Å²) < 4.78 is 37.4. The maximum atomic E-state index is 12.5. The summed E-state index contributed by atoms with van der Waals surface area (Å²) in [6.45, 7) is 0.677. The van der Waals surface area contributed by atoms with E-state index < -0.39 is 11.7 Å². The Balaban J connectivity index is 1.97. The van der Waals surface area contributed by atoms with E-state index in [1.54, 1.807) is 0 Å². The fourth-order valence-electron chi connectivity index (χ4n) is 2.31. The number of hydrogen-bond acceptors (Lipinski definition) is 2. The minimum Gasteiger partial charge on any atom is -0.323 e. The van der Waals surface area contributed by atoms with Crippen LogP contribution in [0.3, 0.4) is 0 Å². The molecular formula is C14H19F3N2. The van der Waals surface area contributed by atoms with E-state index in [-0.39, 0.29) is 6.04 Å². The van der Waals surface area contributed by atoms with Crippen molar-refractivity contribution in [1.29, 1.82) is 0 Å². The first-order chi connectivity index (χ1) is 8.88. The van der Waals surface area contributed by atoms with Crippen molar-refractivity contribution in [2.75, 3.05) is 13.6 Å². The third-order valence-electron chi connectivity index (χ3n) is 3.85. The van der Waals surface area contributed by atoms with Crippen LogP contribution in [0.5, 0.6) is 0 Å². The van der Waals surface area contributed by atoms with Gasteiger partial charge in [-0.2, -0.15) is 13.2 Å². The van der Waals surface area contributed by atoms with Gasteiger partial charge in [0.05, 0.1) is 5.56 Å². The lowest BCUT2D eigenvalue weighted by Gasteiger charge is -2.36. The zero-order chi connectivity index (χ0) is 14.0. The molecule has 1 unspecified atom stereocenters. The Morgan fingerprint density at radius 3 is 2.26 bits per heavy atom. The summed E-state index contributed by atoms with van der Waals surface area (Å²) in [5.41, 5.74) is 6.17. The Kier molecular flexibility index (Phi) is 4.16. The van der Waals surface area contributed by atoms with Crippen LogP contribution in [0, 0.1) is 0 Å². The minimum atomic E-state index is -4.29. The Bertz CT molecular complexity index is 410. The van der Waals surface area contributed by atoms with Gasteiger partial charge in [-0.1, -0.05) is 18.6 Å². The predicted molar refractivity (Wildman–Crippen MR) is 68.6 cm³/mol. The van der Waals surface area contributed by atoms with Crippen LogP contribution in [0.15, 0.2) is 24.3 Å². The van der Waals surface area contributed by atoms with Crippen molar-refractivity contribution in [2.45, 2.75) is 37.5 Å². The molecule has 1 fully saturated rings. The van der Waals surface area contributed by atoms with Gasteiger partial charge in [-0.15, -0.1) is 0 Å². The third kappa shape index (κ3) is 3.48. The molecular weight excluding hydrogens is 253 g/mol. The predicted octanol–water partition coefficient (Wildman–Crippen LogP) is 3.19. The van der Waals surface area contributed by atoms with Crippen molar-refractivity contribution >= 4 is 0 Å². The molecule has 1 aromatic carbocycles. The van der Waals surface area contributed by atoms with Gasteiger partial charge in [0.25, 0.3) is 0 Å². The first kappa shape index (κ1) is 14.3. The van der Waals surface area contributed by atoms with E-state index in [0.29, 0.717) is 12.6 Å². The van der Waals surface area contributed by atoms with Gasteiger partial charge < -0.3 is 10.6 Å². The zero-order valence-electron chi connectivity index (χ0n) is 11.0. The maximum Gasteiger partial charge on any atom is 0.416 e. The molecule has 0 aromatic heterocycles. The van der Waals surface area contributed by atoms with E-state index >= 15 is 0 Å². The molecule has 1 saturated carbocycles. The highest BCUT2D eigenvalue weighted by molar-refractivity contribution is 5.26. The molecule has 0 bridgehead atoms. The van der Waals surface area contributed by atoms with Gasteiger partial charge in [-0.25, -0.2) is 0 Å². The lowest BCUT2D eigenvalue weighted by Crippen LogP contribution is -2.41. The SMILES string of the molecule is CN(CC(N)c1ccc(C(F)(F)F)cc1)C1CCC1. The Hall–Kier alpha value is -1.07. The number of nitrogens with two attached hydrogens (primary N) is 1. The van der Waals surface area contributed by atoms with Crippen LogP contribution in [0.2, 0.25) is 0 Å². The van der Waals surface area contributed by atoms with E-state index in [1.807, 2.05) is 7.05 Å². The van der Waals surface area contributed by atoms with Crippen molar-refractivity contribution in [2.24, 2.45) is 5.73 Å². The molecule has 1 aliphatic rings. The monoisotopic (exact) mass is 272 g/mol. The van der Waals surface area contributed by atoms with E-state index in [1.165, 1.54) is 31.4 Å². The van der Waals surface area contributed by atoms with Crippen LogP contribution in [0.4, 0.5) is 13.2 Å². The number of rotatable bonds is 4. The Labute approximate surface area is 111 Å². The van der Waals surface area contributed by atoms with Gasteiger partial charge in [-0.05, 0) is 37.6 Å². The van der Waals surface area contributed by atoms with Crippen LogP contribution < -0.4 is 5.73 Å². The van der Waals surface area contributed by atoms with Crippen molar-refractivity contribution in [1.82, 2.24) is 4.90 Å². The third-order valence-corrected chi connectivity index (χ3v) is 3.85. The maximum absolute atomic E-state index is 12.5. The molecule has 5 heteroatoms. The normalized spacial score (nSPS) is 18.4. The molecule has 19 heavy (non-hydrogen) atoms. The summed E-state index contributed by atoms with van der Waals surface area (Å²) >= 11 is 0. The molecule has 2 N–H and O–H groups in total. The van der Waals surface area contributed by atoms with Crippen molar-refractivity contribution in [3.05, 3.63) is 35.4 Å². The molecule has 0 heterocycles. The number of benzene rings is 1. The quantitative estimate of drug-likeness (QED) is 0.912. The van der Waals surface area contributed by atoms with Crippen LogP contribution in [0.1, 0.15) is 36.4 Å². The summed E-state index contributed by atoms with van der Waals surface area (Å²) in [7, 11) is 2.02. The average molecular weight is 272 g/mol. The summed E-state index contributed by atoms with van der Waals surface area (Å²) in [6, 6.07) is 5.48. The second-order valence-corrected chi connectivity index (χ2v) is 5.25. The standard InChI is InChI=1S/C14H19F3N2/c1-19(12-3-2-4-12)9-13(18)10-5-7-11(8-6-10)14(15,16)17/h5-8,12-13H,2-4,9,18H2,1H3. The molecule has 2 rings (SSSR count). The largest absolute Gasteiger partial charge is 0.416 e. The van der Waals surface area contributed by atoms with Crippen LogP contribution in [-0.2, 0) is 6.18 Å². The number of alkyl halides is 3. The molecule has 1 atom stereocenters. The molecule has 2 nitrogen and oxygen atoms in total. The molecule has 1 aromatic rings. The van der Waals surface area contributed by atoms with Crippen LogP contribution in [-0.4, -0.2) is 24.5 Å². The number of hydrogen-bond donors (Lipinski definition) is 1. The van der Waals surface area contributed by atoms with Gasteiger partial charge in [-0.3, -0.25) is 0 Å². The molecule has 0 spiro atoms. The first-order valence-electron chi connectivity index (χ1n) is 6.51. The number of halogens is 3. The summed E-state index contributed by atoms with van der Waals surface area (Å²) in [6.07, 6.45) is -0.650. The average Bonchev–Trinajstić information content (AvgIpc) is 2.25. The van der Waals surface area contributed by atoms with E-state index in [0.717, 1.165) is 17.7 Å². The molecule has 106 valence electrons. The van der Waals surface area contributed by atoms with Crippen molar-refractivity contribution in [3.8, 4) is 0 Å². The van der Waals surface area contributed by atoms with Crippen molar-refractivity contribution in [3.63, 3.8) is 0 Å². The summed E-state index contributed by atoms with van der Waals surface area (Å²) in [4.78, 5) is 2.20. The highest BCUT2D eigenvalue weighted by Crippen LogP contribution is 2.30. The second kappa shape index (κ2) is 5.51. The number of nitrogens with zero attached hydrogens (tertiary/aromatic N) is 1. The Morgan fingerprint density at radius 2 is 1.84 bits per heavy atom. The molecule has 1 aliphatic carbocycles. The Morgan fingerprint density at radius 1 is 1.26 bits per heavy atom. The highest BCUT2D eigenvalue weighted by atomic mass is 19.4. The number of likely N-dealkylation sites (N-methyl/N-ethyl adjacent to an activating group) is 1.